The summed E-state index contributed by atoms with van der Waals surface area (Å²) >= 11 is 0. The van der Waals surface area contributed by atoms with Gasteiger partial charge in [-0.25, -0.2) is 9.36 Å². The number of para-hydroxylation sites is 1. The van der Waals surface area contributed by atoms with Gasteiger partial charge in [-0.15, -0.1) is 0 Å². The van der Waals surface area contributed by atoms with Gasteiger partial charge in [-0.2, -0.15) is 10.2 Å². The molecule has 2 aromatic carbocycles. The van der Waals surface area contributed by atoms with Gasteiger partial charge in [-0.1, -0.05) is 48.0 Å². The second-order valence-electron chi connectivity index (χ2n) is 8.60. The van der Waals surface area contributed by atoms with Crippen LogP contribution in [0.3, 0.4) is 0 Å². The summed E-state index contributed by atoms with van der Waals surface area (Å²) < 4.78 is 4.86. The van der Waals surface area contributed by atoms with E-state index in [9.17, 15) is 9.59 Å². The molecular weight excluding hydrogens is 440 g/mol. The predicted molar refractivity (Wildman–Crippen MR) is 135 cm³/mol. The van der Waals surface area contributed by atoms with Crippen LogP contribution in [0.1, 0.15) is 29.8 Å². The first-order chi connectivity index (χ1) is 16.9. The van der Waals surface area contributed by atoms with Crippen LogP contribution in [0, 0.1) is 13.8 Å². The minimum Gasteiger partial charge on any atom is -0.350 e. The van der Waals surface area contributed by atoms with Crippen LogP contribution in [-0.2, 0) is 11.3 Å². The fourth-order valence-corrected chi connectivity index (χ4v) is 4.11. The Balaban J connectivity index is 1.58. The van der Waals surface area contributed by atoms with Gasteiger partial charge in [-0.3, -0.25) is 9.59 Å². The van der Waals surface area contributed by atoms with Crippen molar-refractivity contribution in [2.75, 3.05) is 0 Å². The highest BCUT2D eigenvalue weighted by Crippen LogP contribution is 2.25. The first-order valence-electron chi connectivity index (χ1n) is 11.5. The first kappa shape index (κ1) is 22.3. The second-order valence-corrected chi connectivity index (χ2v) is 8.60. The largest absolute Gasteiger partial charge is 0.350 e. The molecule has 0 spiro atoms. The van der Waals surface area contributed by atoms with Crippen LogP contribution in [0.5, 0.6) is 0 Å². The third-order valence-electron chi connectivity index (χ3n) is 6.07. The van der Waals surface area contributed by atoms with Gasteiger partial charge < -0.3 is 9.88 Å². The Morgan fingerprint density at radius 2 is 1.63 bits per heavy atom. The molecule has 3 aromatic heterocycles. The normalized spacial score (nSPS) is 12.1. The number of amides is 1. The molecule has 0 fully saturated rings. The molecule has 0 aliphatic carbocycles. The number of aryl methyl sites for hydroxylation is 2. The minimum absolute atomic E-state index is 0.281. The van der Waals surface area contributed by atoms with Gasteiger partial charge in [0.2, 0.25) is 5.91 Å². The fraction of sp³-hybridized carbons (Fsp3) is 0.185. The van der Waals surface area contributed by atoms with Crippen molar-refractivity contribution in [3.8, 4) is 11.5 Å². The molecule has 5 aromatic rings. The van der Waals surface area contributed by atoms with E-state index in [1.54, 1.807) is 18.5 Å². The van der Waals surface area contributed by atoms with E-state index in [0.717, 1.165) is 16.8 Å². The van der Waals surface area contributed by atoms with E-state index in [1.807, 2.05) is 90.6 Å². The first-order valence-corrected chi connectivity index (χ1v) is 11.5. The molecule has 1 N–H and O–H groups in total. The summed E-state index contributed by atoms with van der Waals surface area (Å²) in [5.74, 6) is 0.324. The van der Waals surface area contributed by atoms with Gasteiger partial charge in [0, 0.05) is 18.9 Å². The van der Waals surface area contributed by atoms with E-state index in [4.69, 9.17) is 5.10 Å². The summed E-state index contributed by atoms with van der Waals surface area (Å²) in [7, 11) is 0. The molecule has 1 amide bonds. The Morgan fingerprint density at radius 3 is 2.31 bits per heavy atom. The van der Waals surface area contributed by atoms with Crippen molar-refractivity contribution in [1.82, 2.24) is 29.4 Å². The summed E-state index contributed by atoms with van der Waals surface area (Å²) in [6.45, 7) is 5.88. The molecule has 8 nitrogen and oxygen atoms in total. The van der Waals surface area contributed by atoms with E-state index in [1.165, 1.54) is 4.68 Å². The standard InChI is InChI=1S/C27H26N6O2/c1-18-11-13-21(14-12-18)17-28-25(34)20(3)32-27(35)23-24(19(2)29-32)30-33(22-9-5-4-6-10-22)26(23)31-15-7-8-16-31/h4-16,20H,17H2,1-3H3,(H,28,34)/t20-/m1/s1. The molecule has 5 rings (SSSR count). The quantitative estimate of drug-likeness (QED) is 0.412. The maximum atomic E-state index is 13.8. The van der Waals surface area contributed by atoms with Crippen molar-refractivity contribution < 1.29 is 4.79 Å². The van der Waals surface area contributed by atoms with Crippen LogP contribution in [0.2, 0.25) is 0 Å². The van der Waals surface area contributed by atoms with Gasteiger partial charge >= 0.3 is 0 Å². The zero-order valence-electron chi connectivity index (χ0n) is 19.8. The van der Waals surface area contributed by atoms with E-state index < -0.39 is 6.04 Å². The third kappa shape index (κ3) is 4.14. The highest BCUT2D eigenvalue weighted by atomic mass is 16.2. The molecule has 0 radical (unpaired) electrons. The number of rotatable bonds is 6. The van der Waals surface area contributed by atoms with Crippen LogP contribution in [-0.4, -0.2) is 30.0 Å². The molecule has 8 heteroatoms. The van der Waals surface area contributed by atoms with E-state index in [0.29, 0.717) is 29.0 Å². The Morgan fingerprint density at radius 1 is 0.943 bits per heavy atom. The lowest BCUT2D eigenvalue weighted by Gasteiger charge is -2.15. The van der Waals surface area contributed by atoms with Crippen molar-refractivity contribution in [2.24, 2.45) is 0 Å². The number of benzene rings is 2. The number of fused-ring (bicyclic) bond motifs is 1. The van der Waals surface area contributed by atoms with Gasteiger partial charge in [0.25, 0.3) is 5.56 Å². The van der Waals surface area contributed by atoms with Crippen LogP contribution < -0.4 is 10.9 Å². The van der Waals surface area contributed by atoms with Crippen LogP contribution in [0.4, 0.5) is 0 Å². The molecule has 1 atom stereocenters. The summed E-state index contributed by atoms with van der Waals surface area (Å²) in [5, 5.41) is 12.6. The van der Waals surface area contributed by atoms with Gasteiger partial charge in [0.15, 0.2) is 5.82 Å². The monoisotopic (exact) mass is 466 g/mol. The Labute approximate surface area is 202 Å². The molecule has 0 saturated carbocycles. The molecule has 0 aliphatic rings. The molecule has 0 saturated heterocycles. The summed E-state index contributed by atoms with van der Waals surface area (Å²) in [6.07, 6.45) is 3.74. The van der Waals surface area contributed by atoms with Gasteiger partial charge in [0.05, 0.1) is 11.4 Å². The van der Waals surface area contributed by atoms with Gasteiger partial charge in [0.1, 0.15) is 16.9 Å². The average molecular weight is 467 g/mol. The number of nitrogens with one attached hydrogen (secondary N) is 1. The maximum Gasteiger partial charge on any atom is 0.280 e. The van der Waals surface area contributed by atoms with Crippen LogP contribution in [0.25, 0.3) is 22.4 Å². The van der Waals surface area contributed by atoms with Crippen molar-refractivity contribution >= 4 is 16.8 Å². The van der Waals surface area contributed by atoms with Crippen molar-refractivity contribution in [3.63, 3.8) is 0 Å². The van der Waals surface area contributed by atoms with E-state index in [-0.39, 0.29) is 11.5 Å². The maximum absolute atomic E-state index is 13.8. The van der Waals surface area contributed by atoms with E-state index in [2.05, 4.69) is 10.4 Å². The lowest BCUT2D eigenvalue weighted by molar-refractivity contribution is -0.124. The zero-order chi connectivity index (χ0) is 24.5. The topological polar surface area (TPSA) is 86.7 Å². The molecule has 0 bridgehead atoms. The van der Waals surface area contributed by atoms with Crippen molar-refractivity contribution in [2.45, 2.75) is 33.4 Å². The minimum atomic E-state index is -0.798. The molecule has 3 heterocycles. The van der Waals surface area contributed by atoms with Crippen molar-refractivity contribution in [3.05, 3.63) is 106 Å². The Bertz CT molecular complexity index is 1550. The Kier molecular flexibility index (Phi) is 5.78. The van der Waals surface area contributed by atoms with Gasteiger partial charge in [-0.05, 0) is 50.6 Å². The Hall–Kier alpha value is -4.46. The molecule has 0 unspecified atom stereocenters. The fourth-order valence-electron chi connectivity index (χ4n) is 4.11. The predicted octanol–water partition coefficient (Wildman–Crippen LogP) is 3.87. The summed E-state index contributed by atoms with van der Waals surface area (Å²) in [4.78, 5) is 26.7. The smallest absolute Gasteiger partial charge is 0.280 e. The number of hydrogen-bond acceptors (Lipinski definition) is 4. The number of aromatic nitrogens is 5. The molecular formula is C27H26N6O2. The summed E-state index contributed by atoms with van der Waals surface area (Å²) in [6, 6.07) is 20.6. The zero-order valence-corrected chi connectivity index (χ0v) is 19.8. The second kappa shape index (κ2) is 9.06. The molecule has 176 valence electrons. The summed E-state index contributed by atoms with van der Waals surface area (Å²) in [5.41, 5.74) is 3.67. The SMILES string of the molecule is Cc1ccc(CNC(=O)[C@@H](C)n2nc(C)c3nn(-c4ccccc4)c(-n4cccc4)c3c2=O)cc1. The van der Waals surface area contributed by atoms with E-state index >= 15 is 0 Å². The average Bonchev–Trinajstić information content (AvgIpc) is 3.54. The molecule has 0 aliphatic heterocycles. The highest BCUT2D eigenvalue weighted by Gasteiger charge is 2.25. The number of carbonyl (C=O) groups excluding carboxylic acids is 1. The van der Waals surface area contributed by atoms with Crippen LogP contribution in [0.15, 0.2) is 83.9 Å². The lowest BCUT2D eigenvalue weighted by Crippen LogP contribution is -2.37. The number of hydrogen-bond donors (Lipinski definition) is 1. The highest BCUT2D eigenvalue weighted by molar-refractivity contribution is 5.88. The van der Waals surface area contributed by atoms with Crippen LogP contribution >= 0.6 is 0 Å². The van der Waals surface area contributed by atoms with Crippen molar-refractivity contribution in [1.29, 1.82) is 0 Å². The third-order valence-corrected chi connectivity index (χ3v) is 6.07. The molecule has 35 heavy (non-hydrogen) atoms. The number of nitrogens with zero attached hydrogens (tertiary/aromatic N) is 5. The lowest BCUT2D eigenvalue weighted by atomic mass is 10.1. The number of carbonyl (C=O) groups is 1.